The zero-order chi connectivity index (χ0) is 14.1. The van der Waals surface area contributed by atoms with Crippen LogP contribution in [0.5, 0.6) is 0 Å². The zero-order valence-electron chi connectivity index (χ0n) is 11.8. The van der Waals surface area contributed by atoms with Gasteiger partial charge < -0.3 is 4.74 Å². The number of fused-ring (bicyclic) bond motifs is 1. The van der Waals surface area contributed by atoms with Gasteiger partial charge in [0, 0.05) is 12.5 Å². The Morgan fingerprint density at radius 1 is 1.40 bits per heavy atom. The van der Waals surface area contributed by atoms with Crippen LogP contribution in [0.4, 0.5) is 0 Å². The quantitative estimate of drug-likeness (QED) is 0.843. The van der Waals surface area contributed by atoms with E-state index in [9.17, 15) is 4.79 Å². The van der Waals surface area contributed by atoms with Crippen LogP contribution in [0.2, 0.25) is 0 Å². The second-order valence-corrected chi connectivity index (χ2v) is 5.70. The summed E-state index contributed by atoms with van der Waals surface area (Å²) in [6.07, 6.45) is 1.69. The molecule has 0 N–H and O–H groups in total. The Balaban J connectivity index is 1.85. The number of para-hydroxylation sites is 1. The molecular formula is C15H19N3O2. The van der Waals surface area contributed by atoms with Crippen LogP contribution in [0.1, 0.15) is 31.5 Å². The molecule has 2 heterocycles. The molecule has 0 radical (unpaired) electrons. The minimum Gasteiger partial charge on any atom is -0.378 e. The Labute approximate surface area is 117 Å². The molecule has 2 atom stereocenters. The molecule has 5 heteroatoms. The number of nitrogens with zero attached hydrogens (tertiary/aromatic N) is 3. The molecule has 1 fully saturated rings. The number of benzene rings is 1. The molecule has 3 rings (SSSR count). The van der Waals surface area contributed by atoms with Gasteiger partial charge in [-0.25, -0.2) is 0 Å². The van der Waals surface area contributed by atoms with Crippen molar-refractivity contribution >= 4 is 16.9 Å². The molecule has 20 heavy (non-hydrogen) atoms. The van der Waals surface area contributed by atoms with Gasteiger partial charge in [0.1, 0.15) is 5.52 Å². The van der Waals surface area contributed by atoms with E-state index < -0.39 is 0 Å². The lowest BCUT2D eigenvalue weighted by atomic mass is 9.89. The van der Waals surface area contributed by atoms with Crippen LogP contribution < -0.4 is 0 Å². The van der Waals surface area contributed by atoms with Gasteiger partial charge in [-0.05, 0) is 30.9 Å². The molecule has 1 saturated heterocycles. The summed E-state index contributed by atoms with van der Waals surface area (Å²) in [5.41, 5.74) is 1.54. The van der Waals surface area contributed by atoms with Crippen LogP contribution in [0, 0.1) is 11.8 Å². The van der Waals surface area contributed by atoms with Crippen molar-refractivity contribution < 1.29 is 9.53 Å². The average molecular weight is 273 g/mol. The Morgan fingerprint density at radius 3 is 3.00 bits per heavy atom. The molecule has 0 aliphatic carbocycles. The van der Waals surface area contributed by atoms with Gasteiger partial charge in [-0.1, -0.05) is 31.2 Å². The van der Waals surface area contributed by atoms with Crippen molar-refractivity contribution in [1.29, 1.82) is 0 Å². The number of hydrogen-bond acceptors (Lipinski definition) is 4. The van der Waals surface area contributed by atoms with Crippen LogP contribution in [0.3, 0.4) is 0 Å². The van der Waals surface area contributed by atoms with Gasteiger partial charge in [0.2, 0.25) is 0 Å². The van der Waals surface area contributed by atoms with E-state index in [0.717, 1.165) is 23.9 Å². The topological polar surface area (TPSA) is 57.0 Å². The fraction of sp³-hybridized carbons (Fsp3) is 0.533. The van der Waals surface area contributed by atoms with E-state index >= 15 is 0 Å². The fourth-order valence-electron chi connectivity index (χ4n) is 2.72. The van der Waals surface area contributed by atoms with Gasteiger partial charge in [-0.3, -0.25) is 4.79 Å². The second kappa shape index (κ2) is 5.32. The Morgan fingerprint density at radius 2 is 2.20 bits per heavy atom. The molecule has 0 bridgehead atoms. The van der Waals surface area contributed by atoms with Crippen LogP contribution >= 0.6 is 0 Å². The summed E-state index contributed by atoms with van der Waals surface area (Å²) in [4.78, 5) is 12.6. The van der Waals surface area contributed by atoms with Gasteiger partial charge in [0.15, 0.2) is 0 Å². The highest BCUT2D eigenvalue weighted by atomic mass is 16.5. The predicted molar refractivity (Wildman–Crippen MR) is 75.5 cm³/mol. The van der Waals surface area contributed by atoms with E-state index in [0.29, 0.717) is 12.5 Å². The van der Waals surface area contributed by atoms with E-state index in [-0.39, 0.29) is 17.9 Å². The van der Waals surface area contributed by atoms with E-state index in [1.54, 1.807) is 0 Å². The van der Waals surface area contributed by atoms with Crippen LogP contribution in [-0.2, 0) is 4.74 Å². The second-order valence-electron chi connectivity index (χ2n) is 5.70. The highest BCUT2D eigenvalue weighted by Gasteiger charge is 2.31. The van der Waals surface area contributed by atoms with Gasteiger partial charge in [-0.15, -0.1) is 5.10 Å². The lowest BCUT2D eigenvalue weighted by Crippen LogP contribution is -2.35. The summed E-state index contributed by atoms with van der Waals surface area (Å²) in [6.45, 7) is 4.90. The first-order valence-electron chi connectivity index (χ1n) is 7.13. The third-order valence-corrected chi connectivity index (χ3v) is 3.97. The van der Waals surface area contributed by atoms with Gasteiger partial charge in [0.05, 0.1) is 11.6 Å². The van der Waals surface area contributed by atoms with Crippen LogP contribution in [-0.4, -0.2) is 33.6 Å². The third kappa shape index (κ3) is 2.33. The van der Waals surface area contributed by atoms with Gasteiger partial charge in [0.25, 0.3) is 5.91 Å². The third-order valence-electron chi connectivity index (χ3n) is 3.97. The highest BCUT2D eigenvalue weighted by molar-refractivity contribution is 5.90. The Hall–Kier alpha value is -1.75. The molecule has 1 aromatic heterocycles. The first kappa shape index (κ1) is 13.2. The maximum absolute atomic E-state index is 12.6. The summed E-state index contributed by atoms with van der Waals surface area (Å²) in [6, 6.07) is 7.55. The minimum absolute atomic E-state index is 0.0266. The summed E-state index contributed by atoms with van der Waals surface area (Å²) >= 11 is 0. The van der Waals surface area contributed by atoms with Crippen molar-refractivity contribution in [1.82, 2.24) is 15.0 Å². The maximum Gasteiger partial charge on any atom is 0.252 e. The van der Waals surface area contributed by atoms with E-state index in [2.05, 4.69) is 24.2 Å². The standard InChI is InChI=1S/C15H19N3O2/c1-10(2)14-9-11(7-8-20-14)15(19)18-13-6-4-3-5-12(13)16-17-18/h3-6,10-11,14H,7-9H2,1-2H3. The number of rotatable bonds is 2. The summed E-state index contributed by atoms with van der Waals surface area (Å²) in [5, 5.41) is 8.07. The van der Waals surface area contributed by atoms with Gasteiger partial charge in [-0.2, -0.15) is 4.68 Å². The predicted octanol–water partition coefficient (Wildman–Crippen LogP) is 2.52. The number of aromatic nitrogens is 3. The van der Waals surface area contributed by atoms with Crippen LogP contribution in [0.15, 0.2) is 24.3 Å². The van der Waals surface area contributed by atoms with Crippen molar-refractivity contribution in [3.05, 3.63) is 24.3 Å². The van der Waals surface area contributed by atoms with E-state index in [1.165, 1.54) is 4.68 Å². The van der Waals surface area contributed by atoms with Crippen molar-refractivity contribution in [3.63, 3.8) is 0 Å². The molecule has 2 unspecified atom stereocenters. The summed E-state index contributed by atoms with van der Waals surface area (Å²) in [5.74, 6) is 0.437. The number of carbonyl (C=O) groups excluding carboxylic acids is 1. The maximum atomic E-state index is 12.6. The summed E-state index contributed by atoms with van der Waals surface area (Å²) < 4.78 is 7.17. The van der Waals surface area contributed by atoms with E-state index in [4.69, 9.17) is 4.74 Å². The molecule has 2 aromatic rings. The molecule has 0 spiro atoms. The monoisotopic (exact) mass is 273 g/mol. The summed E-state index contributed by atoms with van der Waals surface area (Å²) in [7, 11) is 0. The van der Waals surface area contributed by atoms with Crippen molar-refractivity contribution in [3.8, 4) is 0 Å². The molecule has 1 aromatic carbocycles. The molecule has 1 aliphatic rings. The smallest absolute Gasteiger partial charge is 0.252 e. The van der Waals surface area contributed by atoms with Crippen LogP contribution in [0.25, 0.3) is 11.0 Å². The lowest BCUT2D eigenvalue weighted by Gasteiger charge is -2.30. The fourth-order valence-corrected chi connectivity index (χ4v) is 2.72. The number of carbonyl (C=O) groups is 1. The Bertz CT molecular complexity index is 620. The molecule has 0 amide bonds. The molecule has 106 valence electrons. The first-order valence-corrected chi connectivity index (χ1v) is 7.13. The number of ether oxygens (including phenoxy) is 1. The molecule has 0 saturated carbocycles. The normalized spacial score (nSPS) is 23.4. The van der Waals surface area contributed by atoms with Crippen molar-refractivity contribution in [2.45, 2.75) is 32.8 Å². The highest BCUT2D eigenvalue weighted by Crippen LogP contribution is 2.26. The molecule has 1 aliphatic heterocycles. The minimum atomic E-state index is -0.0266. The molecular weight excluding hydrogens is 254 g/mol. The average Bonchev–Trinajstić information content (AvgIpc) is 2.90. The van der Waals surface area contributed by atoms with Crippen molar-refractivity contribution in [2.24, 2.45) is 11.8 Å². The lowest BCUT2D eigenvalue weighted by molar-refractivity contribution is -0.0310. The van der Waals surface area contributed by atoms with Crippen molar-refractivity contribution in [2.75, 3.05) is 6.61 Å². The Kier molecular flexibility index (Phi) is 3.53. The molecule has 5 nitrogen and oxygen atoms in total. The number of hydrogen-bond donors (Lipinski definition) is 0. The van der Waals surface area contributed by atoms with Gasteiger partial charge >= 0.3 is 0 Å². The van der Waals surface area contributed by atoms with E-state index in [1.807, 2.05) is 24.3 Å². The SMILES string of the molecule is CC(C)C1CC(C(=O)n2nnc3ccccc32)CCO1. The zero-order valence-corrected chi connectivity index (χ0v) is 11.8. The first-order chi connectivity index (χ1) is 9.66. The largest absolute Gasteiger partial charge is 0.378 e.